The number of nitrogens with one attached hydrogen (secondary N) is 2. The minimum atomic E-state index is 0.941. The molecule has 2 N–H and O–H groups in total. The molecule has 0 saturated heterocycles. The number of nitrogens with zero attached hydrogens (tertiary/aromatic N) is 1. The molecule has 0 aliphatic carbocycles. The first-order valence-electron chi connectivity index (χ1n) is 7.35. The molecule has 0 bridgehead atoms. The van der Waals surface area contributed by atoms with Crippen molar-refractivity contribution in [1.29, 1.82) is 0 Å². The molecule has 19 heavy (non-hydrogen) atoms. The van der Waals surface area contributed by atoms with E-state index in [0.717, 1.165) is 22.5 Å². The Labute approximate surface area is 125 Å². The van der Waals surface area contributed by atoms with Gasteiger partial charge in [0.2, 0.25) is 0 Å². The maximum atomic E-state index is 4.39. The molecule has 1 aromatic rings. The minimum absolute atomic E-state index is 0.941. The van der Waals surface area contributed by atoms with Crippen LogP contribution in [0.4, 0.5) is 11.5 Å². The van der Waals surface area contributed by atoms with Gasteiger partial charge in [-0.05, 0) is 28.4 Å². The van der Waals surface area contributed by atoms with E-state index in [4.69, 9.17) is 0 Å². The summed E-state index contributed by atoms with van der Waals surface area (Å²) in [6, 6.07) is 2.04. The van der Waals surface area contributed by atoms with Gasteiger partial charge in [0.1, 0.15) is 5.82 Å². The van der Waals surface area contributed by atoms with Gasteiger partial charge in [0.05, 0.1) is 5.69 Å². The van der Waals surface area contributed by atoms with Gasteiger partial charge in [-0.25, -0.2) is 4.98 Å². The molecule has 1 heterocycles. The first-order valence-corrected chi connectivity index (χ1v) is 8.14. The number of hydrogen-bond acceptors (Lipinski definition) is 3. The zero-order valence-electron chi connectivity index (χ0n) is 12.1. The van der Waals surface area contributed by atoms with E-state index in [1.54, 1.807) is 0 Å². The molecule has 0 atom stereocenters. The van der Waals surface area contributed by atoms with E-state index in [9.17, 15) is 0 Å². The fourth-order valence-electron chi connectivity index (χ4n) is 2.06. The van der Waals surface area contributed by atoms with Crippen LogP contribution in [0.25, 0.3) is 0 Å². The van der Waals surface area contributed by atoms with Gasteiger partial charge in [0, 0.05) is 24.3 Å². The zero-order valence-corrected chi connectivity index (χ0v) is 13.7. The lowest BCUT2D eigenvalue weighted by Crippen LogP contribution is -2.06. The van der Waals surface area contributed by atoms with Gasteiger partial charge in [-0.3, -0.25) is 0 Å². The van der Waals surface area contributed by atoms with E-state index in [0.29, 0.717) is 0 Å². The Kier molecular flexibility index (Phi) is 8.63. The van der Waals surface area contributed by atoms with E-state index >= 15 is 0 Å². The van der Waals surface area contributed by atoms with Crippen LogP contribution in [-0.2, 0) is 0 Å². The van der Waals surface area contributed by atoms with E-state index in [1.807, 2.05) is 19.3 Å². The third kappa shape index (κ3) is 6.81. The number of rotatable bonds is 10. The molecule has 0 saturated carbocycles. The highest BCUT2D eigenvalue weighted by molar-refractivity contribution is 9.10. The summed E-state index contributed by atoms with van der Waals surface area (Å²) in [5.74, 6) is 0.941. The minimum Gasteiger partial charge on any atom is -0.385 e. The van der Waals surface area contributed by atoms with Crippen LogP contribution in [0.5, 0.6) is 0 Å². The molecular weight excluding hydrogens is 302 g/mol. The maximum absolute atomic E-state index is 4.39. The SMILES string of the molecule is CCCCCCCCCNc1ncc(Br)cc1NC. The largest absolute Gasteiger partial charge is 0.385 e. The predicted octanol–water partition coefficient (Wildman–Crippen LogP) is 5.05. The van der Waals surface area contributed by atoms with Crippen LogP contribution in [0.3, 0.4) is 0 Å². The first kappa shape index (κ1) is 16.3. The Hall–Kier alpha value is -0.770. The standard InChI is InChI=1S/C15H26BrN3/c1-3-4-5-6-7-8-9-10-18-15-14(17-2)11-13(16)12-19-15/h11-12,17H,3-10H2,1-2H3,(H,18,19). The van der Waals surface area contributed by atoms with Crippen LogP contribution in [-0.4, -0.2) is 18.6 Å². The second-order valence-corrected chi connectivity index (χ2v) is 5.76. The fourth-order valence-corrected chi connectivity index (χ4v) is 2.39. The van der Waals surface area contributed by atoms with Gasteiger partial charge in [0.25, 0.3) is 0 Å². The molecule has 1 aromatic heterocycles. The summed E-state index contributed by atoms with van der Waals surface area (Å²) >= 11 is 3.43. The molecule has 0 radical (unpaired) electrons. The van der Waals surface area contributed by atoms with Crippen LogP contribution in [0, 0.1) is 0 Å². The summed E-state index contributed by atoms with van der Waals surface area (Å²) < 4.78 is 0.998. The highest BCUT2D eigenvalue weighted by Crippen LogP contribution is 2.22. The highest BCUT2D eigenvalue weighted by Gasteiger charge is 2.02. The molecule has 0 aromatic carbocycles. The van der Waals surface area contributed by atoms with Gasteiger partial charge < -0.3 is 10.6 Å². The predicted molar refractivity (Wildman–Crippen MR) is 88.0 cm³/mol. The van der Waals surface area contributed by atoms with Gasteiger partial charge in [-0.1, -0.05) is 45.4 Å². The van der Waals surface area contributed by atoms with Gasteiger partial charge in [0.15, 0.2) is 0 Å². The van der Waals surface area contributed by atoms with Gasteiger partial charge >= 0.3 is 0 Å². The molecular formula is C15H26BrN3. The molecule has 0 aliphatic rings. The Bertz CT molecular complexity index is 355. The van der Waals surface area contributed by atoms with Gasteiger partial charge in [-0.15, -0.1) is 0 Å². The number of hydrogen-bond donors (Lipinski definition) is 2. The van der Waals surface area contributed by atoms with Crippen LogP contribution < -0.4 is 10.6 Å². The average Bonchev–Trinajstić information content (AvgIpc) is 2.43. The number of aromatic nitrogens is 1. The van der Waals surface area contributed by atoms with E-state index in [1.165, 1.54) is 44.9 Å². The summed E-state index contributed by atoms with van der Waals surface area (Å²) in [6.45, 7) is 3.26. The summed E-state index contributed by atoms with van der Waals surface area (Å²) in [7, 11) is 1.92. The van der Waals surface area contributed by atoms with Crippen molar-refractivity contribution >= 4 is 27.4 Å². The van der Waals surface area contributed by atoms with Crippen molar-refractivity contribution in [3.63, 3.8) is 0 Å². The second-order valence-electron chi connectivity index (χ2n) is 4.85. The van der Waals surface area contributed by atoms with Crippen molar-refractivity contribution in [2.24, 2.45) is 0 Å². The van der Waals surface area contributed by atoms with Crippen molar-refractivity contribution in [3.05, 3.63) is 16.7 Å². The van der Waals surface area contributed by atoms with Gasteiger partial charge in [-0.2, -0.15) is 0 Å². The molecule has 3 nitrogen and oxygen atoms in total. The number of halogens is 1. The average molecular weight is 328 g/mol. The number of anilines is 2. The smallest absolute Gasteiger partial charge is 0.149 e. The third-order valence-electron chi connectivity index (χ3n) is 3.20. The molecule has 4 heteroatoms. The Morgan fingerprint density at radius 3 is 2.47 bits per heavy atom. The first-order chi connectivity index (χ1) is 9.27. The molecule has 0 fully saturated rings. The summed E-state index contributed by atoms with van der Waals surface area (Å²) in [5, 5.41) is 6.56. The highest BCUT2D eigenvalue weighted by atomic mass is 79.9. The quantitative estimate of drug-likeness (QED) is 0.590. The van der Waals surface area contributed by atoms with Crippen molar-refractivity contribution in [2.45, 2.75) is 51.9 Å². The fraction of sp³-hybridized carbons (Fsp3) is 0.667. The molecule has 0 unspecified atom stereocenters. The third-order valence-corrected chi connectivity index (χ3v) is 3.63. The Balaban J connectivity index is 2.15. The maximum Gasteiger partial charge on any atom is 0.149 e. The number of unbranched alkanes of at least 4 members (excludes halogenated alkanes) is 6. The van der Waals surface area contributed by atoms with Crippen LogP contribution in [0.2, 0.25) is 0 Å². The van der Waals surface area contributed by atoms with Crippen LogP contribution in [0.1, 0.15) is 51.9 Å². The summed E-state index contributed by atoms with van der Waals surface area (Å²) in [6.07, 6.45) is 11.2. The second kappa shape index (κ2) is 10.1. The van der Waals surface area contributed by atoms with E-state index < -0.39 is 0 Å². The molecule has 0 amide bonds. The molecule has 0 aliphatic heterocycles. The monoisotopic (exact) mass is 327 g/mol. The van der Waals surface area contributed by atoms with Crippen molar-refractivity contribution in [3.8, 4) is 0 Å². The van der Waals surface area contributed by atoms with Crippen molar-refractivity contribution in [1.82, 2.24) is 4.98 Å². The lowest BCUT2D eigenvalue weighted by Gasteiger charge is -2.10. The van der Waals surface area contributed by atoms with E-state index in [2.05, 4.69) is 38.5 Å². The summed E-state index contributed by atoms with van der Waals surface area (Å²) in [4.78, 5) is 4.39. The Morgan fingerprint density at radius 1 is 1.11 bits per heavy atom. The topological polar surface area (TPSA) is 37.0 Å². The summed E-state index contributed by atoms with van der Waals surface area (Å²) in [5.41, 5.74) is 1.04. The number of pyridine rings is 1. The van der Waals surface area contributed by atoms with Crippen LogP contribution in [0.15, 0.2) is 16.7 Å². The van der Waals surface area contributed by atoms with Crippen molar-refractivity contribution in [2.75, 3.05) is 24.2 Å². The molecule has 1 rings (SSSR count). The Morgan fingerprint density at radius 2 is 1.79 bits per heavy atom. The van der Waals surface area contributed by atoms with Crippen LogP contribution >= 0.6 is 15.9 Å². The normalized spacial score (nSPS) is 10.5. The zero-order chi connectivity index (χ0) is 13.9. The lowest BCUT2D eigenvalue weighted by molar-refractivity contribution is 0.596. The van der Waals surface area contributed by atoms with E-state index in [-0.39, 0.29) is 0 Å². The molecule has 0 spiro atoms. The lowest BCUT2D eigenvalue weighted by atomic mass is 10.1. The van der Waals surface area contributed by atoms with Crippen molar-refractivity contribution < 1.29 is 0 Å². The molecule has 108 valence electrons.